The smallest absolute Gasteiger partial charge is 0.410 e. The van der Waals surface area contributed by atoms with Crippen molar-refractivity contribution >= 4 is 22.0 Å². The maximum absolute atomic E-state index is 13.2. The predicted octanol–water partition coefficient (Wildman–Crippen LogP) is 6.64. The van der Waals surface area contributed by atoms with E-state index in [0.29, 0.717) is 17.4 Å². The Morgan fingerprint density at radius 1 is 1.05 bits per heavy atom. The van der Waals surface area contributed by atoms with Gasteiger partial charge in [0, 0.05) is 61.5 Å². The van der Waals surface area contributed by atoms with Crippen molar-refractivity contribution in [2.24, 2.45) is 5.41 Å². The SMILES string of the molecule is CC(C)(C)OC(=O)N(C1CC2(CC(OCCCCOC3CCCCO3)C2)C1)[C@H]1C[C@H](Oc2ccc(Br)cn2)C1. The van der Waals surface area contributed by atoms with Crippen molar-refractivity contribution in [3.8, 4) is 5.88 Å². The van der Waals surface area contributed by atoms with Gasteiger partial charge in [0.25, 0.3) is 0 Å². The lowest BCUT2D eigenvalue weighted by Crippen LogP contribution is -2.64. The van der Waals surface area contributed by atoms with E-state index in [1.165, 1.54) is 6.42 Å². The van der Waals surface area contributed by atoms with Gasteiger partial charge in [0.15, 0.2) is 6.29 Å². The lowest BCUT2D eigenvalue weighted by atomic mass is 9.52. The molecule has 8 nitrogen and oxygen atoms in total. The van der Waals surface area contributed by atoms with E-state index in [0.717, 1.165) is 88.5 Å². The van der Waals surface area contributed by atoms with Crippen molar-refractivity contribution in [3.05, 3.63) is 22.8 Å². The summed E-state index contributed by atoms with van der Waals surface area (Å²) >= 11 is 3.41. The topological polar surface area (TPSA) is 79.4 Å². The third-order valence-corrected chi connectivity index (χ3v) is 8.91. The minimum absolute atomic E-state index is 0.000149. The average Bonchev–Trinajstić information content (AvgIpc) is 2.81. The molecule has 1 aliphatic heterocycles. The molecule has 1 aromatic rings. The van der Waals surface area contributed by atoms with E-state index in [-0.39, 0.29) is 30.6 Å². The van der Waals surface area contributed by atoms with E-state index in [1.807, 2.05) is 37.8 Å². The van der Waals surface area contributed by atoms with Crippen molar-refractivity contribution in [1.29, 1.82) is 0 Å². The summed E-state index contributed by atoms with van der Waals surface area (Å²) in [4.78, 5) is 19.6. The molecule has 3 aliphatic carbocycles. The molecule has 1 saturated heterocycles. The van der Waals surface area contributed by atoms with Crippen molar-refractivity contribution in [2.75, 3.05) is 19.8 Å². The summed E-state index contributed by atoms with van der Waals surface area (Å²) in [6, 6.07) is 4.18. The number of carbonyl (C=O) groups excluding carboxylic acids is 1. The van der Waals surface area contributed by atoms with Gasteiger partial charge in [-0.15, -0.1) is 0 Å². The summed E-state index contributed by atoms with van der Waals surface area (Å²) in [6.45, 7) is 8.16. The molecule has 0 aromatic carbocycles. The molecule has 9 heteroatoms. The van der Waals surface area contributed by atoms with Crippen LogP contribution in [0.3, 0.4) is 0 Å². The molecule has 1 spiro atoms. The number of hydrogen-bond acceptors (Lipinski definition) is 7. The summed E-state index contributed by atoms with van der Waals surface area (Å²) in [5.41, 5.74) is -0.181. The second-order valence-corrected chi connectivity index (χ2v) is 13.8. The normalized spacial score (nSPS) is 32.1. The van der Waals surface area contributed by atoms with Crippen LogP contribution in [0, 0.1) is 5.41 Å². The summed E-state index contributed by atoms with van der Waals surface area (Å²) in [5.74, 6) is 0.624. The van der Waals surface area contributed by atoms with Gasteiger partial charge >= 0.3 is 6.09 Å². The fourth-order valence-corrected chi connectivity index (χ4v) is 6.61. The monoisotopic (exact) mass is 608 g/mol. The Bertz CT molecular complexity index is 928. The van der Waals surface area contributed by atoms with Crippen LogP contribution in [-0.4, -0.2) is 72.0 Å². The Labute approximate surface area is 241 Å². The largest absolute Gasteiger partial charge is 0.474 e. The summed E-state index contributed by atoms with van der Waals surface area (Å²) in [7, 11) is 0. The minimum atomic E-state index is -0.512. The van der Waals surface area contributed by atoms with Crippen LogP contribution in [0.4, 0.5) is 4.79 Å². The first-order valence-corrected chi connectivity index (χ1v) is 15.6. The zero-order valence-corrected chi connectivity index (χ0v) is 25.3. The fraction of sp³-hybridized carbons (Fsp3) is 0.800. The first-order valence-electron chi connectivity index (χ1n) is 14.8. The molecule has 1 atom stereocenters. The lowest BCUT2D eigenvalue weighted by Gasteiger charge is -2.61. The second kappa shape index (κ2) is 12.6. The molecule has 5 rings (SSSR count). The van der Waals surface area contributed by atoms with Crippen LogP contribution < -0.4 is 4.74 Å². The number of ether oxygens (including phenoxy) is 5. The van der Waals surface area contributed by atoms with Gasteiger partial charge in [-0.2, -0.15) is 0 Å². The van der Waals surface area contributed by atoms with Crippen LogP contribution in [0.25, 0.3) is 0 Å². The maximum atomic E-state index is 13.2. The van der Waals surface area contributed by atoms with E-state index in [2.05, 4.69) is 20.9 Å². The molecule has 0 radical (unpaired) electrons. The van der Waals surface area contributed by atoms with E-state index in [1.54, 1.807) is 6.20 Å². The molecule has 0 bridgehead atoms. The first-order chi connectivity index (χ1) is 18.7. The molecule has 1 unspecified atom stereocenters. The van der Waals surface area contributed by atoms with Crippen LogP contribution in [0.15, 0.2) is 22.8 Å². The lowest BCUT2D eigenvalue weighted by molar-refractivity contribution is -0.166. The Morgan fingerprint density at radius 2 is 1.79 bits per heavy atom. The molecule has 4 aliphatic rings. The maximum Gasteiger partial charge on any atom is 0.410 e. The number of nitrogens with zero attached hydrogens (tertiary/aromatic N) is 2. The highest BCUT2D eigenvalue weighted by molar-refractivity contribution is 9.10. The van der Waals surface area contributed by atoms with E-state index in [9.17, 15) is 4.79 Å². The van der Waals surface area contributed by atoms with Gasteiger partial charge in [-0.05, 0) is 106 Å². The van der Waals surface area contributed by atoms with Crippen molar-refractivity contribution < 1.29 is 28.5 Å². The number of aromatic nitrogens is 1. The van der Waals surface area contributed by atoms with Crippen molar-refractivity contribution in [1.82, 2.24) is 9.88 Å². The molecule has 1 aromatic heterocycles. The van der Waals surface area contributed by atoms with Gasteiger partial charge in [-0.3, -0.25) is 0 Å². The number of hydrogen-bond donors (Lipinski definition) is 0. The van der Waals surface area contributed by atoms with Gasteiger partial charge in [0.1, 0.15) is 11.7 Å². The van der Waals surface area contributed by atoms with E-state index >= 15 is 0 Å². The third kappa shape index (κ3) is 7.86. The summed E-state index contributed by atoms with van der Waals surface area (Å²) in [6.07, 6.45) is 13.3. The minimum Gasteiger partial charge on any atom is -0.474 e. The van der Waals surface area contributed by atoms with Crippen LogP contribution >= 0.6 is 15.9 Å². The molecule has 1 amide bonds. The highest BCUT2D eigenvalue weighted by Gasteiger charge is 2.57. The van der Waals surface area contributed by atoms with Crippen molar-refractivity contribution in [2.45, 2.75) is 128 Å². The predicted molar refractivity (Wildman–Crippen MR) is 151 cm³/mol. The quantitative estimate of drug-likeness (QED) is 0.260. The number of unbranched alkanes of at least 4 members (excludes halogenated alkanes) is 1. The molecule has 39 heavy (non-hydrogen) atoms. The van der Waals surface area contributed by atoms with Crippen molar-refractivity contribution in [3.63, 3.8) is 0 Å². The molecular formula is C30H45BrN2O6. The highest BCUT2D eigenvalue weighted by Crippen LogP contribution is 2.59. The molecule has 3 saturated carbocycles. The zero-order chi connectivity index (χ0) is 27.5. The third-order valence-electron chi connectivity index (χ3n) is 8.44. The molecule has 0 N–H and O–H groups in total. The van der Waals surface area contributed by atoms with Gasteiger partial charge in [-0.1, -0.05) is 0 Å². The van der Waals surface area contributed by atoms with Gasteiger partial charge in [-0.25, -0.2) is 9.78 Å². The standard InChI is InChI=1S/C30H45BrN2O6/c1-29(2,3)39-28(34)33(22-14-24(15-22)38-26-10-9-21(31)20-32-26)23-16-30(17-23)18-25(19-30)35-11-6-7-13-37-27-8-4-5-12-36-27/h9-10,20,22-25,27H,4-8,11-19H2,1-3H3/t22-,23?,24-,25?,27?,30?. The summed E-state index contributed by atoms with van der Waals surface area (Å²) in [5, 5.41) is 0. The number of rotatable bonds is 11. The second-order valence-electron chi connectivity index (χ2n) is 12.9. The first kappa shape index (κ1) is 29.1. The van der Waals surface area contributed by atoms with Crippen LogP contribution in [0.5, 0.6) is 5.88 Å². The highest BCUT2D eigenvalue weighted by atomic mass is 79.9. The van der Waals surface area contributed by atoms with Crippen LogP contribution in [-0.2, 0) is 18.9 Å². The van der Waals surface area contributed by atoms with Gasteiger partial charge < -0.3 is 28.6 Å². The fourth-order valence-electron chi connectivity index (χ4n) is 6.38. The Morgan fingerprint density at radius 3 is 2.44 bits per heavy atom. The van der Waals surface area contributed by atoms with E-state index in [4.69, 9.17) is 23.7 Å². The van der Waals surface area contributed by atoms with Crippen LogP contribution in [0.2, 0.25) is 0 Å². The number of halogens is 1. The van der Waals surface area contributed by atoms with Gasteiger partial charge in [0.2, 0.25) is 5.88 Å². The van der Waals surface area contributed by atoms with E-state index < -0.39 is 5.60 Å². The number of pyridine rings is 1. The zero-order valence-electron chi connectivity index (χ0n) is 23.7. The van der Waals surface area contributed by atoms with Crippen LogP contribution in [0.1, 0.15) is 91.4 Å². The molecule has 218 valence electrons. The molecule has 2 heterocycles. The molecule has 4 fully saturated rings. The number of amides is 1. The van der Waals surface area contributed by atoms with Gasteiger partial charge in [0.05, 0.1) is 6.10 Å². The Kier molecular flexibility index (Phi) is 9.41. The Balaban J connectivity index is 1.02. The Hall–Kier alpha value is -1.42. The molecular weight excluding hydrogens is 564 g/mol. The average molecular weight is 610 g/mol. The number of carbonyl (C=O) groups is 1. The summed E-state index contributed by atoms with van der Waals surface area (Å²) < 4.78 is 30.4.